The van der Waals surface area contributed by atoms with Gasteiger partial charge in [-0.2, -0.15) is 5.10 Å². The van der Waals surface area contributed by atoms with Crippen LogP contribution in [0.5, 0.6) is 0 Å². The Morgan fingerprint density at radius 1 is 1.48 bits per heavy atom. The Kier molecular flexibility index (Phi) is 3.85. The highest BCUT2D eigenvalue weighted by Crippen LogP contribution is 2.20. The van der Waals surface area contributed by atoms with Crippen LogP contribution >= 0.6 is 0 Å². The fourth-order valence-electron chi connectivity index (χ4n) is 2.54. The van der Waals surface area contributed by atoms with Crippen LogP contribution in [0.4, 0.5) is 0 Å². The van der Waals surface area contributed by atoms with Crippen LogP contribution in [0, 0.1) is 13.8 Å². The van der Waals surface area contributed by atoms with E-state index in [9.17, 15) is 4.79 Å². The maximum atomic E-state index is 11.6. The summed E-state index contributed by atoms with van der Waals surface area (Å²) in [7, 11) is 0. The van der Waals surface area contributed by atoms with Gasteiger partial charge in [0, 0.05) is 42.7 Å². The standard InChI is InChI=1S/C14H19N5O2/c1-9-5-13(20)17-14(16-9)12-8-19(3-4-21-12)7-11-6-15-18-10(11)2/h5-6,12H,3-4,7-8H2,1-2H3,(H,15,18)(H,16,17,20)/t12-/m0/s1. The zero-order chi connectivity index (χ0) is 14.8. The van der Waals surface area contributed by atoms with E-state index >= 15 is 0 Å². The number of nitrogens with zero attached hydrogens (tertiary/aromatic N) is 3. The molecule has 1 aliphatic rings. The Bertz CT molecular complexity index is 678. The minimum Gasteiger partial charge on any atom is -0.368 e. The number of aryl methyl sites for hydroxylation is 2. The van der Waals surface area contributed by atoms with Crippen LogP contribution in [0.25, 0.3) is 0 Å². The number of nitrogens with one attached hydrogen (secondary N) is 2. The summed E-state index contributed by atoms with van der Waals surface area (Å²) in [5.74, 6) is 0.605. The summed E-state index contributed by atoms with van der Waals surface area (Å²) in [6.45, 7) is 6.83. The Morgan fingerprint density at radius 2 is 2.33 bits per heavy atom. The smallest absolute Gasteiger partial charge is 0.251 e. The van der Waals surface area contributed by atoms with Gasteiger partial charge in [-0.3, -0.25) is 14.8 Å². The van der Waals surface area contributed by atoms with Crippen molar-refractivity contribution in [2.24, 2.45) is 0 Å². The third-order valence-corrected chi connectivity index (χ3v) is 3.67. The fourth-order valence-corrected chi connectivity index (χ4v) is 2.54. The molecule has 0 amide bonds. The number of rotatable bonds is 3. The Hall–Kier alpha value is -1.99. The van der Waals surface area contributed by atoms with E-state index in [1.165, 1.54) is 11.6 Å². The second-order valence-electron chi connectivity index (χ2n) is 5.39. The van der Waals surface area contributed by atoms with Crippen LogP contribution in [0.2, 0.25) is 0 Å². The first-order chi connectivity index (χ1) is 10.1. The van der Waals surface area contributed by atoms with Crippen LogP contribution in [-0.2, 0) is 11.3 Å². The Balaban J connectivity index is 1.73. The van der Waals surface area contributed by atoms with E-state index in [0.29, 0.717) is 24.7 Å². The molecule has 2 N–H and O–H groups in total. The molecule has 0 bridgehead atoms. The molecule has 0 spiro atoms. The SMILES string of the molecule is Cc1cc(=O)[nH]c([C@@H]2CN(Cc3cn[nH]c3C)CCO2)n1. The molecule has 0 saturated carbocycles. The third kappa shape index (κ3) is 3.20. The molecule has 2 aromatic heterocycles. The van der Waals surface area contributed by atoms with Crippen molar-refractivity contribution in [1.29, 1.82) is 0 Å². The van der Waals surface area contributed by atoms with Gasteiger partial charge in [-0.1, -0.05) is 0 Å². The van der Waals surface area contributed by atoms with Crippen molar-refractivity contribution in [3.63, 3.8) is 0 Å². The van der Waals surface area contributed by atoms with Crippen LogP contribution < -0.4 is 5.56 Å². The molecule has 1 aliphatic heterocycles. The largest absolute Gasteiger partial charge is 0.368 e. The quantitative estimate of drug-likeness (QED) is 0.868. The van der Waals surface area contributed by atoms with E-state index in [4.69, 9.17) is 4.74 Å². The fraction of sp³-hybridized carbons (Fsp3) is 0.500. The van der Waals surface area contributed by atoms with Crippen molar-refractivity contribution in [3.05, 3.63) is 45.4 Å². The lowest BCUT2D eigenvalue weighted by molar-refractivity contribution is -0.0374. The van der Waals surface area contributed by atoms with Gasteiger partial charge < -0.3 is 9.72 Å². The third-order valence-electron chi connectivity index (χ3n) is 3.67. The highest BCUT2D eigenvalue weighted by atomic mass is 16.5. The molecule has 21 heavy (non-hydrogen) atoms. The van der Waals surface area contributed by atoms with Gasteiger partial charge in [0.15, 0.2) is 0 Å². The average Bonchev–Trinajstić information content (AvgIpc) is 2.84. The van der Waals surface area contributed by atoms with Gasteiger partial charge in [0.25, 0.3) is 5.56 Å². The number of hydrogen-bond acceptors (Lipinski definition) is 5. The molecule has 3 rings (SSSR count). The Morgan fingerprint density at radius 3 is 3.05 bits per heavy atom. The maximum absolute atomic E-state index is 11.6. The van der Waals surface area contributed by atoms with E-state index in [-0.39, 0.29) is 11.7 Å². The molecule has 1 atom stereocenters. The van der Waals surface area contributed by atoms with E-state index in [2.05, 4.69) is 25.1 Å². The molecule has 1 fully saturated rings. The molecule has 0 radical (unpaired) electrons. The molecule has 7 heteroatoms. The lowest BCUT2D eigenvalue weighted by atomic mass is 10.2. The normalized spacial score (nSPS) is 19.8. The molecule has 112 valence electrons. The molecule has 0 unspecified atom stereocenters. The second-order valence-corrected chi connectivity index (χ2v) is 5.39. The zero-order valence-electron chi connectivity index (χ0n) is 12.2. The average molecular weight is 289 g/mol. The zero-order valence-corrected chi connectivity index (χ0v) is 12.2. The van der Waals surface area contributed by atoms with Crippen molar-refractivity contribution in [2.75, 3.05) is 19.7 Å². The summed E-state index contributed by atoms with van der Waals surface area (Å²) in [6.07, 6.45) is 1.66. The summed E-state index contributed by atoms with van der Waals surface area (Å²) in [4.78, 5) is 21.0. The van der Waals surface area contributed by atoms with Crippen LogP contribution in [0.3, 0.4) is 0 Å². The Labute approximate surface area is 122 Å². The lowest BCUT2D eigenvalue weighted by Crippen LogP contribution is -2.39. The monoisotopic (exact) mass is 289 g/mol. The van der Waals surface area contributed by atoms with Crippen molar-refractivity contribution < 1.29 is 4.74 Å². The predicted molar refractivity (Wildman–Crippen MR) is 76.9 cm³/mol. The van der Waals surface area contributed by atoms with E-state index in [0.717, 1.165) is 18.8 Å². The van der Waals surface area contributed by atoms with Gasteiger partial charge in [0.2, 0.25) is 0 Å². The van der Waals surface area contributed by atoms with Gasteiger partial charge >= 0.3 is 0 Å². The molecule has 7 nitrogen and oxygen atoms in total. The molecular formula is C14H19N5O2. The first-order valence-electron chi connectivity index (χ1n) is 7.02. The van der Waals surface area contributed by atoms with Crippen LogP contribution in [-0.4, -0.2) is 44.8 Å². The highest BCUT2D eigenvalue weighted by Gasteiger charge is 2.24. The highest BCUT2D eigenvalue weighted by molar-refractivity contribution is 5.14. The minimum absolute atomic E-state index is 0.135. The van der Waals surface area contributed by atoms with Crippen molar-refractivity contribution >= 4 is 0 Å². The van der Waals surface area contributed by atoms with E-state index in [1.54, 1.807) is 0 Å². The second kappa shape index (κ2) is 5.79. The molecule has 3 heterocycles. The number of morpholine rings is 1. The van der Waals surface area contributed by atoms with Crippen molar-refractivity contribution in [3.8, 4) is 0 Å². The van der Waals surface area contributed by atoms with Crippen LogP contribution in [0.1, 0.15) is 28.9 Å². The first-order valence-corrected chi connectivity index (χ1v) is 7.02. The molecule has 1 saturated heterocycles. The van der Waals surface area contributed by atoms with E-state index in [1.807, 2.05) is 20.0 Å². The topological polar surface area (TPSA) is 86.9 Å². The van der Waals surface area contributed by atoms with Gasteiger partial charge in [0.1, 0.15) is 11.9 Å². The predicted octanol–water partition coefficient (Wildman–Crippen LogP) is 0.683. The van der Waals surface area contributed by atoms with E-state index < -0.39 is 0 Å². The molecule has 0 aliphatic carbocycles. The maximum Gasteiger partial charge on any atom is 0.251 e. The summed E-state index contributed by atoms with van der Waals surface area (Å²) < 4.78 is 5.76. The van der Waals surface area contributed by atoms with Gasteiger partial charge in [0.05, 0.1) is 12.8 Å². The molecule has 2 aromatic rings. The van der Waals surface area contributed by atoms with Gasteiger partial charge in [-0.25, -0.2) is 4.98 Å². The first kappa shape index (κ1) is 14.0. The molecular weight excluding hydrogens is 270 g/mol. The number of aromatic nitrogens is 4. The summed E-state index contributed by atoms with van der Waals surface area (Å²) in [6, 6.07) is 1.49. The van der Waals surface area contributed by atoms with Crippen LogP contribution in [0.15, 0.2) is 17.1 Å². The summed E-state index contributed by atoms with van der Waals surface area (Å²) in [5, 5.41) is 6.99. The van der Waals surface area contributed by atoms with Gasteiger partial charge in [-0.05, 0) is 13.8 Å². The summed E-state index contributed by atoms with van der Waals surface area (Å²) in [5.41, 5.74) is 2.84. The lowest BCUT2D eigenvalue weighted by Gasteiger charge is -2.32. The minimum atomic E-state index is -0.196. The van der Waals surface area contributed by atoms with Crippen molar-refractivity contribution in [1.82, 2.24) is 25.1 Å². The summed E-state index contributed by atoms with van der Waals surface area (Å²) >= 11 is 0. The van der Waals surface area contributed by atoms with Crippen molar-refractivity contribution in [2.45, 2.75) is 26.5 Å². The number of aromatic amines is 2. The van der Waals surface area contributed by atoms with Gasteiger partial charge in [-0.15, -0.1) is 0 Å². The number of hydrogen-bond donors (Lipinski definition) is 2. The number of ether oxygens (including phenoxy) is 1. The number of H-pyrrole nitrogens is 2. The molecule has 0 aromatic carbocycles.